The molecule has 5 heterocycles. The van der Waals surface area contributed by atoms with Gasteiger partial charge in [-0.25, -0.2) is 4.98 Å². The molecule has 158 valence electrons. The van der Waals surface area contributed by atoms with Crippen molar-refractivity contribution in [3.05, 3.63) is 42.1 Å². The summed E-state index contributed by atoms with van der Waals surface area (Å²) in [6.07, 6.45) is 8.27. The lowest BCUT2D eigenvalue weighted by Crippen LogP contribution is -2.42. The topological polar surface area (TPSA) is 123 Å². The molecule has 2 atom stereocenters. The number of carbonyl (C=O) groups excluding carboxylic acids is 1. The van der Waals surface area contributed by atoms with E-state index in [1.165, 1.54) is 4.52 Å². The van der Waals surface area contributed by atoms with Gasteiger partial charge in [-0.05, 0) is 25.3 Å². The van der Waals surface area contributed by atoms with E-state index >= 15 is 0 Å². The molecule has 0 unspecified atom stereocenters. The van der Waals surface area contributed by atoms with Crippen LogP contribution in [0.25, 0.3) is 11.3 Å². The number of carbonyl (C=O) groups is 1. The van der Waals surface area contributed by atoms with Crippen LogP contribution in [0.15, 0.2) is 30.7 Å². The first-order valence-corrected chi connectivity index (χ1v) is 10.3. The first kappa shape index (κ1) is 18.1. The summed E-state index contributed by atoms with van der Waals surface area (Å²) >= 11 is 0. The lowest BCUT2D eigenvalue weighted by Gasteiger charge is -2.22. The minimum Gasteiger partial charge on any atom is -0.385 e. The summed E-state index contributed by atoms with van der Waals surface area (Å²) in [5.74, 6) is 0.377. The van der Waals surface area contributed by atoms with Gasteiger partial charge in [0.2, 0.25) is 11.5 Å². The molecule has 0 spiro atoms. The van der Waals surface area contributed by atoms with Gasteiger partial charge in [-0.15, -0.1) is 15.3 Å². The molecule has 0 radical (unpaired) electrons. The monoisotopic (exact) mass is 419 g/mol. The SMILES string of the molecule is CNc1cc2nn3c(nnc13)C(=O)N[C@@H]1CCC[C@H]1OCc1cc(cn3ccnc13)N2. The molecule has 11 heteroatoms. The molecule has 11 nitrogen and oxygen atoms in total. The van der Waals surface area contributed by atoms with Gasteiger partial charge < -0.3 is 25.1 Å². The van der Waals surface area contributed by atoms with Crippen LogP contribution in [0.5, 0.6) is 0 Å². The number of imidazole rings is 1. The highest BCUT2D eigenvalue weighted by Gasteiger charge is 2.31. The van der Waals surface area contributed by atoms with E-state index in [2.05, 4.69) is 36.2 Å². The molecule has 4 aromatic heterocycles. The lowest BCUT2D eigenvalue weighted by atomic mass is 10.2. The van der Waals surface area contributed by atoms with Crippen molar-refractivity contribution in [2.24, 2.45) is 0 Å². The van der Waals surface area contributed by atoms with Crippen LogP contribution in [-0.4, -0.2) is 54.3 Å². The van der Waals surface area contributed by atoms with Crippen molar-refractivity contribution >= 4 is 34.4 Å². The third kappa shape index (κ3) is 2.96. The van der Waals surface area contributed by atoms with Crippen molar-refractivity contribution < 1.29 is 9.53 Å². The molecule has 31 heavy (non-hydrogen) atoms. The molecule has 1 amide bonds. The Morgan fingerprint density at radius 2 is 2.16 bits per heavy atom. The number of aromatic nitrogens is 6. The van der Waals surface area contributed by atoms with Crippen LogP contribution in [0.2, 0.25) is 0 Å². The Bertz CT molecular complexity index is 1310. The zero-order chi connectivity index (χ0) is 20.9. The second-order valence-corrected chi connectivity index (χ2v) is 7.85. The number of amides is 1. The predicted molar refractivity (Wildman–Crippen MR) is 112 cm³/mol. The maximum absolute atomic E-state index is 13.0. The van der Waals surface area contributed by atoms with Gasteiger partial charge in [0.05, 0.1) is 30.1 Å². The molecule has 1 fully saturated rings. The molecule has 0 saturated heterocycles. The van der Waals surface area contributed by atoms with E-state index in [4.69, 9.17) is 4.74 Å². The number of hydrogen-bond acceptors (Lipinski definition) is 8. The third-order valence-electron chi connectivity index (χ3n) is 5.90. The minimum atomic E-state index is -0.314. The highest BCUT2D eigenvalue weighted by Crippen LogP contribution is 2.27. The summed E-state index contributed by atoms with van der Waals surface area (Å²) in [4.78, 5) is 17.5. The molecule has 4 aromatic rings. The van der Waals surface area contributed by atoms with Gasteiger partial charge in [0.1, 0.15) is 5.65 Å². The fraction of sp³-hybridized carbons (Fsp3) is 0.350. The number of nitrogens with one attached hydrogen (secondary N) is 3. The Labute approximate surface area is 176 Å². The van der Waals surface area contributed by atoms with E-state index < -0.39 is 0 Å². The van der Waals surface area contributed by atoms with Crippen molar-refractivity contribution in [3.63, 3.8) is 0 Å². The molecule has 6 rings (SSSR count). The summed E-state index contributed by atoms with van der Waals surface area (Å²) in [7, 11) is 1.79. The Morgan fingerprint density at radius 1 is 1.23 bits per heavy atom. The zero-order valence-corrected chi connectivity index (χ0v) is 16.9. The molecule has 3 N–H and O–H groups in total. The van der Waals surface area contributed by atoms with E-state index in [1.54, 1.807) is 13.2 Å². The summed E-state index contributed by atoms with van der Waals surface area (Å²) < 4.78 is 9.68. The van der Waals surface area contributed by atoms with Gasteiger partial charge in [0.15, 0.2) is 5.82 Å². The Kier molecular flexibility index (Phi) is 4.03. The highest BCUT2D eigenvalue weighted by atomic mass is 16.5. The van der Waals surface area contributed by atoms with Crippen molar-refractivity contribution in [1.29, 1.82) is 0 Å². The van der Waals surface area contributed by atoms with Gasteiger partial charge in [0.25, 0.3) is 5.91 Å². The average molecular weight is 419 g/mol. The van der Waals surface area contributed by atoms with Gasteiger partial charge in [-0.2, -0.15) is 4.52 Å². The average Bonchev–Trinajstić information content (AvgIpc) is 3.50. The number of rotatable bonds is 1. The summed E-state index contributed by atoms with van der Waals surface area (Å²) in [5.41, 5.74) is 3.83. The van der Waals surface area contributed by atoms with Crippen molar-refractivity contribution in [3.8, 4) is 0 Å². The second kappa shape index (κ2) is 6.91. The maximum atomic E-state index is 13.0. The summed E-state index contributed by atoms with van der Waals surface area (Å²) in [5, 5.41) is 22.4. The lowest BCUT2D eigenvalue weighted by molar-refractivity contribution is 0.0274. The first-order valence-electron chi connectivity index (χ1n) is 10.3. The Balaban J connectivity index is 1.54. The minimum absolute atomic E-state index is 0.0749. The second-order valence-electron chi connectivity index (χ2n) is 7.85. The van der Waals surface area contributed by atoms with Gasteiger partial charge in [-0.3, -0.25) is 4.79 Å². The van der Waals surface area contributed by atoms with Crippen LogP contribution in [0.4, 0.5) is 17.2 Å². The van der Waals surface area contributed by atoms with Gasteiger partial charge in [-0.1, -0.05) is 0 Å². The molecular weight excluding hydrogens is 398 g/mol. The number of hydrogen-bond donors (Lipinski definition) is 3. The predicted octanol–water partition coefficient (Wildman–Crippen LogP) is 1.74. The van der Waals surface area contributed by atoms with E-state index in [1.807, 2.05) is 28.9 Å². The van der Waals surface area contributed by atoms with Gasteiger partial charge >= 0.3 is 0 Å². The quantitative estimate of drug-likeness (QED) is 0.426. The number of pyridine rings is 1. The Hall–Kier alpha value is -3.73. The molecule has 1 saturated carbocycles. The molecule has 2 aliphatic rings. The standard InChI is InChI=1S/C20H21N9O2/c1-21-14-8-16-23-12-7-11(17-22-5-6-28(17)9-12)10-31-15-4-2-3-13(15)24-20(30)19-26-25-18(14)29(19)27-16/h5-9,13,15,21H,2-4,10H2,1H3,(H,23,27)(H,24,30)/t13-,15-/m1/s1. The molecule has 1 aliphatic heterocycles. The summed E-state index contributed by atoms with van der Waals surface area (Å²) in [6.45, 7) is 0.400. The largest absolute Gasteiger partial charge is 0.385 e. The fourth-order valence-electron chi connectivity index (χ4n) is 4.42. The smallest absolute Gasteiger partial charge is 0.291 e. The van der Waals surface area contributed by atoms with Gasteiger partial charge in [0, 0.05) is 37.3 Å². The zero-order valence-electron chi connectivity index (χ0n) is 16.9. The number of ether oxygens (including phenoxy) is 1. The van der Waals surface area contributed by atoms with Crippen LogP contribution in [0.3, 0.4) is 0 Å². The fourth-order valence-corrected chi connectivity index (χ4v) is 4.42. The normalized spacial score (nSPS) is 21.0. The van der Waals surface area contributed by atoms with Crippen LogP contribution in [-0.2, 0) is 11.3 Å². The third-order valence-corrected chi connectivity index (χ3v) is 5.90. The van der Waals surface area contributed by atoms with E-state index in [-0.39, 0.29) is 23.9 Å². The molecular formula is C20H21N9O2. The highest BCUT2D eigenvalue weighted by molar-refractivity contribution is 5.92. The molecule has 1 aliphatic carbocycles. The van der Waals surface area contributed by atoms with E-state index in [0.717, 1.165) is 36.2 Å². The number of fused-ring (bicyclic) bond motifs is 6. The van der Waals surface area contributed by atoms with Crippen molar-refractivity contribution in [2.45, 2.75) is 38.0 Å². The Morgan fingerprint density at radius 3 is 3.06 bits per heavy atom. The number of nitrogens with zero attached hydrogens (tertiary/aromatic N) is 6. The first-order chi connectivity index (χ1) is 15.2. The number of anilines is 3. The van der Waals surface area contributed by atoms with E-state index in [0.29, 0.717) is 23.8 Å². The van der Waals surface area contributed by atoms with Crippen LogP contribution >= 0.6 is 0 Å². The molecule has 0 aromatic carbocycles. The van der Waals surface area contributed by atoms with Crippen LogP contribution in [0, 0.1) is 0 Å². The maximum Gasteiger partial charge on any atom is 0.291 e. The van der Waals surface area contributed by atoms with Crippen molar-refractivity contribution in [1.82, 2.24) is 34.5 Å². The van der Waals surface area contributed by atoms with Crippen molar-refractivity contribution in [2.75, 3.05) is 17.7 Å². The summed E-state index contributed by atoms with van der Waals surface area (Å²) in [6, 6.07) is 3.76. The molecule has 4 bridgehead atoms. The van der Waals surface area contributed by atoms with Crippen LogP contribution in [0.1, 0.15) is 35.4 Å². The van der Waals surface area contributed by atoms with E-state index in [9.17, 15) is 4.79 Å². The van der Waals surface area contributed by atoms with Crippen LogP contribution < -0.4 is 16.0 Å².